The highest BCUT2D eigenvalue weighted by molar-refractivity contribution is 5.38. The molecule has 1 aromatic carbocycles. The molecule has 0 fully saturated rings. The topological polar surface area (TPSA) is 39.1 Å². The monoisotopic (exact) mass is 299 g/mol. The largest absolute Gasteiger partial charge is 0.493 e. The van der Waals surface area contributed by atoms with Crippen LogP contribution in [0, 0.1) is 0 Å². The van der Waals surface area contributed by atoms with Crippen molar-refractivity contribution in [2.45, 2.75) is 12.2 Å². The Labute approximate surface area is 120 Å². The summed E-state index contributed by atoms with van der Waals surface area (Å²) in [5.74, 6) is 0.522. The van der Waals surface area contributed by atoms with Gasteiger partial charge in [-0.2, -0.15) is 18.3 Å². The van der Waals surface area contributed by atoms with E-state index in [4.69, 9.17) is 4.74 Å². The predicted octanol–water partition coefficient (Wildman–Crippen LogP) is 2.76. The summed E-state index contributed by atoms with van der Waals surface area (Å²) in [7, 11) is 4.90. The molecule has 0 saturated heterocycles. The van der Waals surface area contributed by atoms with E-state index in [-0.39, 0.29) is 0 Å². The van der Waals surface area contributed by atoms with Gasteiger partial charge in [-0.25, -0.2) is 0 Å². The van der Waals surface area contributed by atoms with Crippen LogP contribution in [0.1, 0.15) is 22.9 Å². The summed E-state index contributed by atoms with van der Waals surface area (Å²) >= 11 is 0. The maximum atomic E-state index is 12.8. The lowest BCUT2D eigenvalue weighted by molar-refractivity contribution is -0.137. The van der Waals surface area contributed by atoms with Crippen molar-refractivity contribution in [1.82, 2.24) is 15.1 Å². The lowest BCUT2D eigenvalue weighted by atomic mass is 10.0. The highest BCUT2D eigenvalue weighted by Gasteiger charge is 2.31. The molecule has 1 N–H and O–H groups in total. The van der Waals surface area contributed by atoms with E-state index in [1.807, 2.05) is 0 Å². The molecule has 2 aromatic rings. The molecule has 0 radical (unpaired) electrons. The number of ether oxygens (including phenoxy) is 1. The summed E-state index contributed by atoms with van der Waals surface area (Å²) < 4.78 is 45.3. The summed E-state index contributed by atoms with van der Waals surface area (Å²) in [4.78, 5) is 0. The molecule has 0 aliphatic carbocycles. The van der Waals surface area contributed by atoms with Gasteiger partial charge in [0.05, 0.1) is 24.9 Å². The number of methoxy groups -OCH3 is 1. The van der Waals surface area contributed by atoms with E-state index in [0.717, 1.165) is 12.1 Å². The third-order valence-electron chi connectivity index (χ3n) is 3.28. The lowest BCUT2D eigenvalue weighted by Crippen LogP contribution is -2.22. The highest BCUT2D eigenvalue weighted by atomic mass is 19.4. The number of benzene rings is 1. The Hall–Kier alpha value is -2.02. The van der Waals surface area contributed by atoms with Gasteiger partial charge in [0, 0.05) is 7.05 Å². The van der Waals surface area contributed by atoms with Gasteiger partial charge in [-0.15, -0.1) is 0 Å². The SMILES string of the molecule is CNC(c1cccc(C(F)(F)F)c1)c1c(OC)cnn1C. The molecule has 1 heterocycles. The van der Waals surface area contributed by atoms with Crippen molar-refractivity contribution in [2.24, 2.45) is 7.05 Å². The fraction of sp³-hybridized carbons (Fsp3) is 0.357. The van der Waals surface area contributed by atoms with Gasteiger partial charge in [0.15, 0.2) is 5.75 Å². The van der Waals surface area contributed by atoms with Crippen LogP contribution in [0.25, 0.3) is 0 Å². The van der Waals surface area contributed by atoms with Crippen molar-refractivity contribution in [3.8, 4) is 5.75 Å². The first-order valence-corrected chi connectivity index (χ1v) is 6.28. The molecule has 0 aliphatic rings. The van der Waals surface area contributed by atoms with Gasteiger partial charge in [0.2, 0.25) is 0 Å². The van der Waals surface area contributed by atoms with Gasteiger partial charge >= 0.3 is 6.18 Å². The summed E-state index contributed by atoms with van der Waals surface area (Å²) in [6.45, 7) is 0. The van der Waals surface area contributed by atoms with Crippen LogP contribution in [0.5, 0.6) is 5.75 Å². The van der Waals surface area contributed by atoms with Crippen LogP contribution in [0.15, 0.2) is 30.5 Å². The second-order valence-corrected chi connectivity index (χ2v) is 4.57. The predicted molar refractivity (Wildman–Crippen MR) is 72.1 cm³/mol. The summed E-state index contributed by atoms with van der Waals surface area (Å²) in [5, 5.41) is 7.09. The zero-order valence-corrected chi connectivity index (χ0v) is 11.9. The molecule has 0 saturated carbocycles. The molecule has 1 aromatic heterocycles. The third kappa shape index (κ3) is 3.02. The number of rotatable bonds is 4. The van der Waals surface area contributed by atoms with Gasteiger partial charge < -0.3 is 10.1 Å². The number of alkyl halides is 3. The normalized spacial score (nSPS) is 13.2. The van der Waals surface area contributed by atoms with Crippen LogP contribution in [0.2, 0.25) is 0 Å². The molecule has 0 bridgehead atoms. The van der Waals surface area contributed by atoms with Gasteiger partial charge in [0.1, 0.15) is 5.69 Å². The maximum Gasteiger partial charge on any atom is 0.416 e. The third-order valence-corrected chi connectivity index (χ3v) is 3.28. The van der Waals surface area contributed by atoms with Crippen LogP contribution in [0.4, 0.5) is 13.2 Å². The van der Waals surface area contributed by atoms with E-state index >= 15 is 0 Å². The second kappa shape index (κ2) is 5.77. The molecule has 1 atom stereocenters. The lowest BCUT2D eigenvalue weighted by Gasteiger charge is -2.19. The van der Waals surface area contributed by atoms with Crippen LogP contribution in [0.3, 0.4) is 0 Å². The van der Waals surface area contributed by atoms with Crippen molar-refractivity contribution < 1.29 is 17.9 Å². The van der Waals surface area contributed by atoms with Gasteiger partial charge in [-0.3, -0.25) is 4.68 Å². The first kappa shape index (κ1) is 15.4. The minimum absolute atomic E-state index is 0.449. The number of hydrogen-bond acceptors (Lipinski definition) is 3. The van der Waals surface area contributed by atoms with Crippen LogP contribution < -0.4 is 10.1 Å². The van der Waals surface area contributed by atoms with Crippen molar-refractivity contribution in [3.05, 3.63) is 47.3 Å². The Balaban J connectivity index is 2.49. The number of halogens is 3. The number of nitrogens with one attached hydrogen (secondary N) is 1. The zero-order valence-electron chi connectivity index (χ0n) is 11.9. The number of aryl methyl sites for hydroxylation is 1. The molecule has 114 valence electrons. The molecule has 0 amide bonds. The van der Waals surface area contributed by atoms with Crippen molar-refractivity contribution in [2.75, 3.05) is 14.2 Å². The molecule has 7 heteroatoms. The Morgan fingerprint density at radius 3 is 2.62 bits per heavy atom. The van der Waals surface area contributed by atoms with Gasteiger partial charge in [-0.05, 0) is 24.7 Å². The number of hydrogen-bond donors (Lipinski definition) is 1. The fourth-order valence-corrected chi connectivity index (χ4v) is 2.27. The van der Waals surface area contributed by atoms with Gasteiger partial charge in [0.25, 0.3) is 0 Å². The molecular weight excluding hydrogens is 283 g/mol. The second-order valence-electron chi connectivity index (χ2n) is 4.57. The molecular formula is C14H16F3N3O. The summed E-state index contributed by atoms with van der Waals surface area (Å²) in [5.41, 5.74) is 0.481. The van der Waals surface area contributed by atoms with Crippen LogP contribution in [-0.4, -0.2) is 23.9 Å². The van der Waals surface area contributed by atoms with E-state index in [9.17, 15) is 13.2 Å². The minimum Gasteiger partial charge on any atom is -0.493 e. The average molecular weight is 299 g/mol. The smallest absolute Gasteiger partial charge is 0.416 e. The number of aromatic nitrogens is 2. The molecule has 0 spiro atoms. The van der Waals surface area contributed by atoms with Crippen LogP contribution >= 0.6 is 0 Å². The standard InChI is InChI=1S/C14H16F3N3O/c1-18-12(13-11(21-3)8-19-20(13)2)9-5-4-6-10(7-9)14(15,16)17/h4-8,12,18H,1-3H3. The zero-order chi connectivity index (χ0) is 15.6. The first-order chi connectivity index (χ1) is 9.88. The number of nitrogens with zero attached hydrogens (tertiary/aromatic N) is 2. The molecule has 0 aliphatic heterocycles. The van der Waals surface area contributed by atoms with E-state index in [1.54, 1.807) is 24.8 Å². The van der Waals surface area contributed by atoms with Crippen molar-refractivity contribution >= 4 is 0 Å². The maximum absolute atomic E-state index is 12.8. The molecule has 21 heavy (non-hydrogen) atoms. The van der Waals surface area contributed by atoms with Crippen LogP contribution in [-0.2, 0) is 13.2 Å². The van der Waals surface area contributed by atoms with Gasteiger partial charge in [-0.1, -0.05) is 12.1 Å². The molecule has 4 nitrogen and oxygen atoms in total. The van der Waals surface area contributed by atoms with E-state index in [0.29, 0.717) is 17.0 Å². The van der Waals surface area contributed by atoms with Crippen molar-refractivity contribution in [3.63, 3.8) is 0 Å². The van der Waals surface area contributed by atoms with E-state index in [2.05, 4.69) is 10.4 Å². The van der Waals surface area contributed by atoms with E-state index in [1.165, 1.54) is 19.4 Å². The Morgan fingerprint density at radius 2 is 2.05 bits per heavy atom. The Kier molecular flexibility index (Phi) is 4.22. The first-order valence-electron chi connectivity index (χ1n) is 6.28. The van der Waals surface area contributed by atoms with E-state index < -0.39 is 17.8 Å². The quantitative estimate of drug-likeness (QED) is 0.943. The summed E-state index contributed by atoms with van der Waals surface area (Å²) in [6.07, 6.45) is -2.84. The molecule has 1 unspecified atom stereocenters. The molecule has 2 rings (SSSR count). The Bertz CT molecular complexity index is 622. The van der Waals surface area contributed by atoms with Crippen molar-refractivity contribution in [1.29, 1.82) is 0 Å². The highest BCUT2D eigenvalue weighted by Crippen LogP contribution is 2.34. The summed E-state index contributed by atoms with van der Waals surface area (Å²) in [6, 6.07) is 4.77. The average Bonchev–Trinajstić information content (AvgIpc) is 2.81. The fourth-order valence-electron chi connectivity index (χ4n) is 2.27. The Morgan fingerprint density at radius 1 is 1.33 bits per heavy atom. The minimum atomic E-state index is -4.37.